The van der Waals surface area contributed by atoms with E-state index in [1.807, 2.05) is 17.5 Å². The molecule has 2 aromatic heterocycles. The highest BCUT2D eigenvalue weighted by molar-refractivity contribution is 7.25. The van der Waals surface area contributed by atoms with Crippen molar-refractivity contribution in [1.29, 1.82) is 0 Å². The second-order valence-corrected chi connectivity index (χ2v) is 16.6. The molecule has 0 bridgehead atoms. The van der Waals surface area contributed by atoms with Gasteiger partial charge in [-0.05, 0) is 110 Å². The lowest BCUT2D eigenvalue weighted by molar-refractivity contribution is 0.794. The maximum Gasteiger partial charge on any atom is 0.0975 e. The van der Waals surface area contributed by atoms with Gasteiger partial charge in [0.25, 0.3) is 0 Å². The fourth-order valence-electron chi connectivity index (χ4n) is 10.4. The third-order valence-corrected chi connectivity index (χ3v) is 14.0. The molecule has 0 saturated heterocycles. The molecule has 0 unspecified atom stereocenters. The van der Waals surface area contributed by atoms with Gasteiger partial charge in [0.1, 0.15) is 0 Å². The number of aromatic nitrogens is 2. The molecular formula is C53H32N2S. The Bertz CT molecular complexity index is 3340. The Hall–Kier alpha value is -6.68. The van der Waals surface area contributed by atoms with Crippen molar-refractivity contribution in [2.24, 2.45) is 0 Å². The van der Waals surface area contributed by atoms with Crippen LogP contribution in [0.25, 0.3) is 92.7 Å². The van der Waals surface area contributed by atoms with E-state index in [1.54, 1.807) is 0 Å². The van der Waals surface area contributed by atoms with E-state index in [0.29, 0.717) is 0 Å². The molecule has 0 N–H and O–H groups in total. The fourth-order valence-corrected chi connectivity index (χ4v) is 11.5. The van der Waals surface area contributed by atoms with Gasteiger partial charge in [0, 0.05) is 36.7 Å². The number of aryl methyl sites for hydroxylation is 1. The average Bonchev–Trinajstić information content (AvgIpc) is 3.89. The Morgan fingerprint density at radius 1 is 0.482 bits per heavy atom. The highest BCUT2D eigenvalue weighted by atomic mass is 32.1. The molecule has 2 nitrogen and oxygen atoms in total. The van der Waals surface area contributed by atoms with Crippen LogP contribution in [-0.4, -0.2) is 9.97 Å². The summed E-state index contributed by atoms with van der Waals surface area (Å²) in [5.74, 6) is 0. The largest absolute Gasteiger partial charge is 0.252 e. The molecule has 2 heterocycles. The minimum absolute atomic E-state index is 0.481. The summed E-state index contributed by atoms with van der Waals surface area (Å²) in [5.41, 5.74) is 19.0. The molecule has 3 aliphatic rings. The van der Waals surface area contributed by atoms with Gasteiger partial charge in [-0.2, -0.15) is 0 Å². The summed E-state index contributed by atoms with van der Waals surface area (Å²) < 4.78 is 2.66. The maximum atomic E-state index is 5.47. The zero-order valence-corrected chi connectivity index (χ0v) is 31.2. The van der Waals surface area contributed by atoms with Crippen LogP contribution in [0.3, 0.4) is 0 Å². The van der Waals surface area contributed by atoms with Crippen molar-refractivity contribution in [2.45, 2.75) is 18.3 Å². The SMILES string of the molecule is C1=Cc2c(c3ccccc3c3ncc(-c4ccc5c(c4)C4(c6ccccc6-c6ccccc64)c4cc(-c6ccc7sc8ccccc8c7c6)ccc4-5)nc23)CC1. The molecule has 260 valence electrons. The standard InChI is InChI=1S/C53H32N2S/c1-3-16-41-34(11-1)35-12-2-4-17-42(35)52-51(41)54-30-48(55-52)33-22-25-39-38-24-21-32(31-23-26-50-43(27-31)40-15-7-10-20-49(40)56-50)28-46(38)53(47(39)29-33)44-18-8-5-13-36(44)37-14-6-9-19-45(37)53/h1,3-11,13-30H,2,12H2. The summed E-state index contributed by atoms with van der Waals surface area (Å²) in [5, 5.41) is 5.12. The Morgan fingerprint density at radius 2 is 1.09 bits per heavy atom. The molecule has 0 saturated carbocycles. The van der Waals surface area contributed by atoms with Crippen molar-refractivity contribution in [2.75, 3.05) is 0 Å². The third-order valence-electron chi connectivity index (χ3n) is 12.8. The third kappa shape index (κ3) is 3.95. The number of hydrogen-bond acceptors (Lipinski definition) is 3. The van der Waals surface area contributed by atoms with Gasteiger partial charge in [-0.25, -0.2) is 4.98 Å². The quantitative estimate of drug-likeness (QED) is 0.166. The van der Waals surface area contributed by atoms with Crippen LogP contribution < -0.4 is 0 Å². The van der Waals surface area contributed by atoms with Gasteiger partial charge in [-0.1, -0.05) is 133 Å². The van der Waals surface area contributed by atoms with E-state index in [9.17, 15) is 0 Å². The zero-order valence-electron chi connectivity index (χ0n) is 30.4. The second kappa shape index (κ2) is 11.2. The molecule has 3 aliphatic carbocycles. The summed E-state index contributed by atoms with van der Waals surface area (Å²) >= 11 is 1.87. The summed E-state index contributed by atoms with van der Waals surface area (Å²) in [6.07, 6.45) is 8.61. The van der Waals surface area contributed by atoms with Crippen LogP contribution in [0, 0.1) is 0 Å². The molecule has 0 aliphatic heterocycles. The second-order valence-electron chi connectivity index (χ2n) is 15.5. The highest BCUT2D eigenvalue weighted by Gasteiger charge is 2.51. The predicted molar refractivity (Wildman–Crippen MR) is 234 cm³/mol. The number of hydrogen-bond donors (Lipinski definition) is 0. The molecule has 0 radical (unpaired) electrons. The van der Waals surface area contributed by atoms with Crippen molar-refractivity contribution in [3.8, 4) is 44.6 Å². The van der Waals surface area contributed by atoms with Crippen LogP contribution in [0.1, 0.15) is 39.8 Å². The van der Waals surface area contributed by atoms with Crippen molar-refractivity contribution in [3.63, 3.8) is 0 Å². The first-order chi connectivity index (χ1) is 27.8. The van der Waals surface area contributed by atoms with E-state index >= 15 is 0 Å². The highest BCUT2D eigenvalue weighted by Crippen LogP contribution is 2.63. The molecule has 13 rings (SSSR count). The molecule has 0 atom stereocenters. The number of benzene rings is 8. The molecule has 0 fully saturated rings. The van der Waals surface area contributed by atoms with E-state index in [-0.39, 0.29) is 0 Å². The summed E-state index contributed by atoms with van der Waals surface area (Å²) in [7, 11) is 0. The summed E-state index contributed by atoms with van der Waals surface area (Å²) in [6.45, 7) is 0. The lowest BCUT2D eigenvalue weighted by Gasteiger charge is -2.31. The van der Waals surface area contributed by atoms with Crippen molar-refractivity contribution in [3.05, 3.63) is 197 Å². The molecule has 8 aromatic carbocycles. The number of fused-ring (bicyclic) bond motifs is 19. The van der Waals surface area contributed by atoms with Crippen molar-refractivity contribution in [1.82, 2.24) is 9.97 Å². The molecule has 3 heteroatoms. The van der Waals surface area contributed by atoms with Crippen LogP contribution in [0.4, 0.5) is 0 Å². The Kier molecular flexibility index (Phi) is 6.12. The molecular weight excluding hydrogens is 697 g/mol. The topological polar surface area (TPSA) is 25.8 Å². The summed E-state index contributed by atoms with van der Waals surface area (Å²) in [4.78, 5) is 10.6. The first-order valence-corrected chi connectivity index (χ1v) is 20.3. The Labute approximate surface area is 328 Å². The van der Waals surface area contributed by atoms with E-state index < -0.39 is 5.41 Å². The average molecular weight is 729 g/mol. The Morgan fingerprint density at radius 3 is 1.89 bits per heavy atom. The van der Waals surface area contributed by atoms with Gasteiger partial charge >= 0.3 is 0 Å². The summed E-state index contributed by atoms with van der Waals surface area (Å²) in [6, 6.07) is 56.8. The predicted octanol–water partition coefficient (Wildman–Crippen LogP) is 13.8. The normalized spacial score (nSPS) is 14.4. The van der Waals surface area contributed by atoms with Crippen LogP contribution in [0.5, 0.6) is 0 Å². The minimum atomic E-state index is -0.481. The first kappa shape index (κ1) is 30.6. The number of allylic oxidation sites excluding steroid dienone is 1. The fraction of sp³-hybridized carbons (Fsp3) is 0.0566. The first-order valence-electron chi connectivity index (χ1n) is 19.5. The van der Waals surface area contributed by atoms with E-state index in [2.05, 4.69) is 164 Å². The number of thiophene rings is 1. The van der Waals surface area contributed by atoms with Crippen LogP contribution in [-0.2, 0) is 11.8 Å². The maximum absolute atomic E-state index is 5.47. The zero-order chi connectivity index (χ0) is 36.5. The van der Waals surface area contributed by atoms with Gasteiger partial charge in [0.05, 0.1) is 28.3 Å². The minimum Gasteiger partial charge on any atom is -0.252 e. The van der Waals surface area contributed by atoms with Gasteiger partial charge in [0.2, 0.25) is 0 Å². The molecule has 56 heavy (non-hydrogen) atoms. The van der Waals surface area contributed by atoms with Crippen molar-refractivity contribution < 1.29 is 0 Å². The van der Waals surface area contributed by atoms with E-state index in [0.717, 1.165) is 35.1 Å². The van der Waals surface area contributed by atoms with Gasteiger partial charge in [-0.3, -0.25) is 4.98 Å². The molecule has 10 aromatic rings. The lowest BCUT2D eigenvalue weighted by atomic mass is 9.70. The van der Waals surface area contributed by atoms with Crippen molar-refractivity contribution >= 4 is 59.4 Å². The number of rotatable bonds is 2. The van der Waals surface area contributed by atoms with E-state index in [4.69, 9.17) is 9.97 Å². The van der Waals surface area contributed by atoms with Gasteiger partial charge in [0.15, 0.2) is 0 Å². The van der Waals surface area contributed by atoms with Gasteiger partial charge < -0.3 is 0 Å². The lowest BCUT2D eigenvalue weighted by Crippen LogP contribution is -2.26. The smallest absolute Gasteiger partial charge is 0.0975 e. The van der Waals surface area contributed by atoms with E-state index in [1.165, 1.54) is 97.7 Å². The van der Waals surface area contributed by atoms with Crippen LogP contribution >= 0.6 is 11.3 Å². The number of nitrogens with zero attached hydrogens (tertiary/aromatic N) is 2. The van der Waals surface area contributed by atoms with Gasteiger partial charge in [-0.15, -0.1) is 11.3 Å². The Balaban J connectivity index is 1.05. The molecule has 1 spiro atoms. The van der Waals surface area contributed by atoms with Crippen LogP contribution in [0.2, 0.25) is 0 Å². The molecule has 0 amide bonds. The monoisotopic (exact) mass is 728 g/mol. The van der Waals surface area contributed by atoms with Crippen LogP contribution in [0.15, 0.2) is 164 Å².